The van der Waals surface area contributed by atoms with Crippen LogP contribution in [0.2, 0.25) is 0 Å². The van der Waals surface area contributed by atoms with Crippen LogP contribution in [0.3, 0.4) is 0 Å². The maximum atomic E-state index is 11.8. The van der Waals surface area contributed by atoms with Crippen LogP contribution in [0, 0.1) is 11.8 Å². The fourth-order valence-corrected chi connectivity index (χ4v) is 2.42. The van der Waals surface area contributed by atoms with Crippen molar-refractivity contribution in [3.05, 3.63) is 42.0 Å². The summed E-state index contributed by atoms with van der Waals surface area (Å²) < 4.78 is 0. The molecule has 1 saturated carbocycles. The molecule has 16 heavy (non-hydrogen) atoms. The van der Waals surface area contributed by atoms with Crippen molar-refractivity contribution >= 4 is 12.0 Å². The Bertz CT molecular complexity index is 414. The van der Waals surface area contributed by atoms with E-state index < -0.39 is 0 Å². The fourth-order valence-electron chi connectivity index (χ4n) is 2.42. The van der Waals surface area contributed by atoms with Crippen LogP contribution in [0.4, 0.5) is 0 Å². The number of hydrogen-bond acceptors (Lipinski definition) is 1. The van der Waals surface area contributed by atoms with Crippen molar-refractivity contribution in [2.75, 3.05) is 13.1 Å². The highest BCUT2D eigenvalue weighted by molar-refractivity contribution is 5.92. The highest BCUT2D eigenvalue weighted by Gasteiger charge is 2.46. The van der Waals surface area contributed by atoms with Crippen LogP contribution in [-0.2, 0) is 4.79 Å². The Balaban J connectivity index is 1.62. The van der Waals surface area contributed by atoms with E-state index in [1.165, 1.54) is 6.42 Å². The second-order valence-electron chi connectivity index (χ2n) is 4.74. The number of likely N-dealkylation sites (tertiary alicyclic amines) is 1. The van der Waals surface area contributed by atoms with Gasteiger partial charge in [0.1, 0.15) is 0 Å². The average Bonchev–Trinajstić information content (AvgIpc) is 2.94. The summed E-state index contributed by atoms with van der Waals surface area (Å²) in [5.74, 6) is 1.79. The van der Waals surface area contributed by atoms with E-state index in [4.69, 9.17) is 0 Å². The lowest BCUT2D eigenvalue weighted by atomic mass is 10.2. The molecule has 2 atom stereocenters. The summed E-state index contributed by atoms with van der Waals surface area (Å²) >= 11 is 0. The third-order valence-corrected chi connectivity index (χ3v) is 3.51. The summed E-state index contributed by atoms with van der Waals surface area (Å²) in [5.41, 5.74) is 1.08. The molecule has 1 aliphatic heterocycles. The standard InChI is InChI=1S/C14H15NO/c16-14(15-9-12-8-13(12)10-15)7-6-11-4-2-1-3-5-11/h1-7,12-13H,8-10H2/b7-6+. The highest BCUT2D eigenvalue weighted by atomic mass is 16.2. The van der Waals surface area contributed by atoms with Crippen molar-refractivity contribution < 1.29 is 4.79 Å². The van der Waals surface area contributed by atoms with E-state index in [0.29, 0.717) is 0 Å². The molecule has 0 spiro atoms. The average molecular weight is 213 g/mol. The predicted molar refractivity (Wildman–Crippen MR) is 63.7 cm³/mol. The lowest BCUT2D eigenvalue weighted by molar-refractivity contribution is -0.125. The number of amides is 1. The molecular formula is C14H15NO. The number of nitrogens with zero attached hydrogens (tertiary/aromatic N) is 1. The Hall–Kier alpha value is -1.57. The monoisotopic (exact) mass is 213 g/mol. The molecule has 2 unspecified atom stereocenters. The Labute approximate surface area is 95.6 Å². The smallest absolute Gasteiger partial charge is 0.246 e. The molecule has 1 aromatic carbocycles. The van der Waals surface area contributed by atoms with Gasteiger partial charge >= 0.3 is 0 Å². The predicted octanol–water partition coefficient (Wildman–Crippen LogP) is 2.18. The molecule has 1 aliphatic carbocycles. The molecule has 1 heterocycles. The molecule has 0 aromatic heterocycles. The van der Waals surface area contributed by atoms with Gasteiger partial charge in [-0.05, 0) is 29.9 Å². The molecule has 0 radical (unpaired) electrons. The van der Waals surface area contributed by atoms with Gasteiger partial charge in [0.15, 0.2) is 0 Å². The Morgan fingerprint density at radius 2 is 1.88 bits per heavy atom. The zero-order valence-corrected chi connectivity index (χ0v) is 9.17. The van der Waals surface area contributed by atoms with Crippen molar-refractivity contribution in [1.29, 1.82) is 0 Å². The van der Waals surface area contributed by atoms with Crippen molar-refractivity contribution in [2.24, 2.45) is 11.8 Å². The van der Waals surface area contributed by atoms with Gasteiger partial charge in [-0.1, -0.05) is 30.3 Å². The minimum atomic E-state index is 0.163. The molecule has 3 rings (SSSR count). The molecular weight excluding hydrogens is 198 g/mol. The van der Waals surface area contributed by atoms with Crippen molar-refractivity contribution in [1.82, 2.24) is 4.90 Å². The maximum Gasteiger partial charge on any atom is 0.246 e. The van der Waals surface area contributed by atoms with E-state index in [1.54, 1.807) is 6.08 Å². The molecule has 1 aromatic rings. The second-order valence-corrected chi connectivity index (χ2v) is 4.74. The summed E-state index contributed by atoms with van der Waals surface area (Å²) in [6.45, 7) is 1.95. The molecule has 2 heteroatoms. The van der Waals surface area contributed by atoms with Crippen LogP contribution in [0.1, 0.15) is 12.0 Å². The SMILES string of the molecule is O=C(/C=C/c1ccccc1)N1CC2CC2C1. The van der Waals surface area contributed by atoms with Gasteiger partial charge in [-0.3, -0.25) is 4.79 Å². The van der Waals surface area contributed by atoms with E-state index in [-0.39, 0.29) is 5.91 Å². The van der Waals surface area contributed by atoms with Crippen molar-refractivity contribution in [3.8, 4) is 0 Å². The van der Waals surface area contributed by atoms with E-state index in [2.05, 4.69) is 0 Å². The first-order valence-electron chi connectivity index (χ1n) is 5.85. The summed E-state index contributed by atoms with van der Waals surface area (Å²) in [5, 5.41) is 0. The first kappa shape index (κ1) is 9.64. The maximum absolute atomic E-state index is 11.8. The normalized spacial score (nSPS) is 27.1. The van der Waals surface area contributed by atoms with Crippen molar-refractivity contribution in [3.63, 3.8) is 0 Å². The first-order valence-corrected chi connectivity index (χ1v) is 5.85. The quantitative estimate of drug-likeness (QED) is 0.689. The number of benzene rings is 1. The number of fused-ring (bicyclic) bond motifs is 1. The van der Waals surface area contributed by atoms with Gasteiger partial charge in [-0.25, -0.2) is 0 Å². The van der Waals surface area contributed by atoms with Crippen LogP contribution in [0.5, 0.6) is 0 Å². The molecule has 82 valence electrons. The molecule has 2 fully saturated rings. The second kappa shape index (κ2) is 3.78. The molecule has 1 saturated heterocycles. The number of carbonyl (C=O) groups is 1. The number of carbonyl (C=O) groups excluding carboxylic acids is 1. The lowest BCUT2D eigenvalue weighted by Crippen LogP contribution is -2.28. The zero-order chi connectivity index (χ0) is 11.0. The summed E-state index contributed by atoms with van der Waals surface area (Å²) in [7, 11) is 0. The Kier molecular flexibility index (Phi) is 2.28. The molecule has 0 N–H and O–H groups in total. The third kappa shape index (κ3) is 1.87. The Morgan fingerprint density at radius 1 is 1.19 bits per heavy atom. The van der Waals surface area contributed by atoms with Gasteiger partial charge in [0.05, 0.1) is 0 Å². The minimum absolute atomic E-state index is 0.163. The van der Waals surface area contributed by atoms with Gasteiger partial charge in [-0.2, -0.15) is 0 Å². The molecule has 0 bridgehead atoms. The van der Waals surface area contributed by atoms with E-state index in [9.17, 15) is 4.79 Å². The van der Waals surface area contributed by atoms with E-state index in [0.717, 1.165) is 30.5 Å². The van der Waals surface area contributed by atoms with Gasteiger partial charge in [0.2, 0.25) is 5.91 Å². The van der Waals surface area contributed by atoms with Gasteiger partial charge in [-0.15, -0.1) is 0 Å². The van der Waals surface area contributed by atoms with E-state index in [1.807, 2.05) is 41.3 Å². The van der Waals surface area contributed by atoms with Crippen LogP contribution in [0.25, 0.3) is 6.08 Å². The largest absolute Gasteiger partial charge is 0.339 e. The molecule has 2 nitrogen and oxygen atoms in total. The van der Waals surface area contributed by atoms with Crippen LogP contribution in [-0.4, -0.2) is 23.9 Å². The van der Waals surface area contributed by atoms with E-state index >= 15 is 0 Å². The first-order chi connectivity index (χ1) is 7.83. The van der Waals surface area contributed by atoms with Crippen LogP contribution >= 0.6 is 0 Å². The molecule has 1 amide bonds. The van der Waals surface area contributed by atoms with Gasteiger partial charge in [0, 0.05) is 19.2 Å². The molecule has 2 aliphatic rings. The lowest BCUT2D eigenvalue weighted by Gasteiger charge is -2.15. The summed E-state index contributed by atoms with van der Waals surface area (Å²) in [6.07, 6.45) is 4.93. The van der Waals surface area contributed by atoms with Crippen molar-refractivity contribution in [2.45, 2.75) is 6.42 Å². The highest BCUT2D eigenvalue weighted by Crippen LogP contribution is 2.44. The number of rotatable bonds is 2. The fraction of sp³-hybridized carbons (Fsp3) is 0.357. The van der Waals surface area contributed by atoms with Crippen LogP contribution in [0.15, 0.2) is 36.4 Å². The summed E-state index contributed by atoms with van der Waals surface area (Å²) in [6, 6.07) is 9.95. The topological polar surface area (TPSA) is 20.3 Å². The number of piperidine rings is 1. The van der Waals surface area contributed by atoms with Gasteiger partial charge < -0.3 is 4.90 Å². The third-order valence-electron chi connectivity index (χ3n) is 3.51. The number of hydrogen-bond donors (Lipinski definition) is 0. The summed E-state index contributed by atoms with van der Waals surface area (Å²) in [4.78, 5) is 13.8. The Morgan fingerprint density at radius 3 is 2.56 bits per heavy atom. The van der Waals surface area contributed by atoms with Crippen LogP contribution < -0.4 is 0 Å². The zero-order valence-electron chi connectivity index (χ0n) is 9.17. The van der Waals surface area contributed by atoms with Gasteiger partial charge in [0.25, 0.3) is 0 Å². The minimum Gasteiger partial charge on any atom is -0.339 e.